The van der Waals surface area contributed by atoms with Crippen molar-refractivity contribution in [2.45, 2.75) is 69.5 Å². The van der Waals surface area contributed by atoms with E-state index < -0.39 is 29.8 Å². The molecule has 2 heterocycles. The molecular weight excluding hydrogens is 480 g/mol. The molecule has 0 aromatic heterocycles. The van der Waals surface area contributed by atoms with Gasteiger partial charge in [-0.1, -0.05) is 11.6 Å². The number of alkyl carbamates (subject to hydrolysis) is 1. The van der Waals surface area contributed by atoms with Crippen LogP contribution in [0.15, 0.2) is 11.6 Å². The average molecular weight is 525 g/mol. The van der Waals surface area contributed by atoms with Crippen LogP contribution in [0.4, 0.5) is 4.79 Å². The van der Waals surface area contributed by atoms with Gasteiger partial charge in [-0.15, -0.1) is 0 Å². The van der Waals surface area contributed by atoms with Crippen molar-refractivity contribution in [2.75, 3.05) is 61.0 Å². The number of carbonyl (C=O) groups is 3. The molecule has 37 heavy (non-hydrogen) atoms. The number of hydrogen-bond acceptors (Lipinski definition) is 9. The van der Waals surface area contributed by atoms with Gasteiger partial charge < -0.3 is 29.2 Å². The van der Waals surface area contributed by atoms with Crippen molar-refractivity contribution < 1.29 is 33.3 Å². The van der Waals surface area contributed by atoms with E-state index in [9.17, 15) is 14.4 Å². The van der Waals surface area contributed by atoms with Crippen molar-refractivity contribution >= 4 is 17.9 Å². The van der Waals surface area contributed by atoms with Gasteiger partial charge in [-0.2, -0.15) is 0 Å². The lowest BCUT2D eigenvalue weighted by molar-refractivity contribution is -0.129. The minimum atomic E-state index is -0.791. The minimum absolute atomic E-state index is 0.000931. The number of allylic oxidation sites excluding steroid dienone is 1. The first-order chi connectivity index (χ1) is 17.5. The van der Waals surface area contributed by atoms with Gasteiger partial charge in [-0.25, -0.2) is 4.79 Å². The Morgan fingerprint density at radius 2 is 1.89 bits per heavy atom. The Kier molecular flexibility index (Phi) is 9.73. The van der Waals surface area contributed by atoms with Gasteiger partial charge in [0.15, 0.2) is 0 Å². The highest BCUT2D eigenvalue weighted by Gasteiger charge is 2.72. The van der Waals surface area contributed by atoms with Crippen molar-refractivity contribution in [3.05, 3.63) is 11.6 Å². The second kappa shape index (κ2) is 12.2. The molecule has 210 valence electrons. The van der Waals surface area contributed by atoms with E-state index in [2.05, 4.69) is 37.5 Å². The second-order valence-electron chi connectivity index (χ2n) is 11.0. The zero-order valence-corrected chi connectivity index (χ0v) is 23.3. The third kappa shape index (κ3) is 7.29. The van der Waals surface area contributed by atoms with Crippen molar-refractivity contribution in [2.24, 2.45) is 5.92 Å². The Bertz CT molecular complexity index is 873. The zero-order chi connectivity index (χ0) is 27.4. The first-order valence-corrected chi connectivity index (χ1v) is 13.0. The van der Waals surface area contributed by atoms with E-state index in [1.54, 1.807) is 38.1 Å². The molecule has 4 unspecified atom stereocenters. The first kappa shape index (κ1) is 29.5. The molecular formula is C26H44N4O7. The van der Waals surface area contributed by atoms with Gasteiger partial charge in [-0.3, -0.25) is 19.8 Å². The number of nitrogens with zero attached hydrogens (tertiary/aromatic N) is 2. The number of rotatable bonds is 12. The van der Waals surface area contributed by atoms with Crippen LogP contribution in [0.5, 0.6) is 0 Å². The topological polar surface area (TPSA) is 125 Å². The van der Waals surface area contributed by atoms with Gasteiger partial charge in [0, 0.05) is 27.2 Å². The van der Waals surface area contributed by atoms with Crippen LogP contribution in [-0.4, -0.2) is 118 Å². The summed E-state index contributed by atoms with van der Waals surface area (Å²) in [6.45, 7) is 8.07. The second-order valence-corrected chi connectivity index (χ2v) is 11.0. The van der Waals surface area contributed by atoms with Crippen LogP contribution < -0.4 is 10.6 Å². The molecule has 0 aromatic carbocycles. The third-order valence-electron chi connectivity index (χ3n) is 7.72. The fraction of sp³-hybridized carbons (Fsp3) is 0.808. The summed E-state index contributed by atoms with van der Waals surface area (Å²) < 4.78 is 23.7. The minimum Gasteiger partial charge on any atom is -0.443 e. The van der Waals surface area contributed by atoms with Crippen molar-refractivity contribution in [3.63, 3.8) is 0 Å². The van der Waals surface area contributed by atoms with Gasteiger partial charge in [0.1, 0.15) is 23.4 Å². The molecule has 0 aromatic rings. The van der Waals surface area contributed by atoms with E-state index >= 15 is 0 Å². The Morgan fingerprint density at radius 1 is 1.19 bits per heavy atom. The van der Waals surface area contributed by atoms with E-state index in [1.165, 1.54) is 5.57 Å². The molecule has 2 aliphatic heterocycles. The molecule has 0 radical (unpaired) electrons. The Hall–Kier alpha value is -2.05. The lowest BCUT2D eigenvalue weighted by Gasteiger charge is -2.42. The molecule has 11 nitrogen and oxygen atoms in total. The highest BCUT2D eigenvalue weighted by atomic mass is 16.6. The summed E-state index contributed by atoms with van der Waals surface area (Å²) in [4.78, 5) is 40.2. The van der Waals surface area contributed by atoms with Gasteiger partial charge in [0.25, 0.3) is 0 Å². The Morgan fingerprint density at radius 3 is 2.49 bits per heavy atom. The van der Waals surface area contributed by atoms with E-state index in [-0.39, 0.29) is 36.6 Å². The molecule has 1 spiro atoms. The molecule has 1 saturated carbocycles. The first-order valence-electron chi connectivity index (χ1n) is 13.0. The molecule has 3 fully saturated rings. The number of nitrogens with one attached hydrogen (secondary N) is 2. The predicted octanol–water partition coefficient (Wildman–Crippen LogP) is 0.925. The summed E-state index contributed by atoms with van der Waals surface area (Å²) in [6.07, 6.45) is 2.64. The molecule has 2 N–H and O–H groups in total. The summed E-state index contributed by atoms with van der Waals surface area (Å²) in [6, 6.07) is 0. The molecule has 3 amide bonds. The molecule has 0 bridgehead atoms. The molecule has 3 aliphatic rings. The normalized spacial score (nSPS) is 32.1. The summed E-state index contributed by atoms with van der Waals surface area (Å²) in [5.41, 5.74) is 0.498. The molecule has 1 aliphatic carbocycles. The van der Waals surface area contributed by atoms with E-state index in [0.29, 0.717) is 26.1 Å². The lowest BCUT2D eigenvalue weighted by Crippen LogP contribution is -2.56. The molecule has 3 rings (SSSR count). The van der Waals surface area contributed by atoms with Gasteiger partial charge in [-0.05, 0) is 54.1 Å². The zero-order valence-electron chi connectivity index (χ0n) is 23.3. The van der Waals surface area contributed by atoms with Crippen molar-refractivity contribution in [3.8, 4) is 0 Å². The fourth-order valence-electron chi connectivity index (χ4n) is 5.45. The molecule has 2 saturated heterocycles. The number of amides is 3. The number of hydrogen-bond donors (Lipinski definition) is 2. The number of ether oxygens (including phenoxy) is 4. The third-order valence-corrected chi connectivity index (χ3v) is 7.72. The van der Waals surface area contributed by atoms with Crippen LogP contribution in [0.3, 0.4) is 0 Å². The van der Waals surface area contributed by atoms with Crippen LogP contribution >= 0.6 is 0 Å². The van der Waals surface area contributed by atoms with Crippen LogP contribution in [0.1, 0.15) is 40.0 Å². The average Bonchev–Trinajstić information content (AvgIpc) is 3.74. The van der Waals surface area contributed by atoms with E-state index in [4.69, 9.17) is 18.9 Å². The van der Waals surface area contributed by atoms with Crippen LogP contribution in [-0.2, 0) is 28.5 Å². The maximum atomic E-state index is 12.6. The van der Waals surface area contributed by atoms with Gasteiger partial charge in [0.05, 0.1) is 31.7 Å². The van der Waals surface area contributed by atoms with Gasteiger partial charge in [0.2, 0.25) is 11.8 Å². The summed E-state index contributed by atoms with van der Waals surface area (Å²) in [7, 11) is 6.79. The van der Waals surface area contributed by atoms with Crippen molar-refractivity contribution in [1.82, 2.24) is 20.4 Å². The highest BCUT2D eigenvalue weighted by molar-refractivity contribution is 5.92. The standard InChI is InChI=1S/C26H44N4O7/c1-17(2)8-9-19-25(3,37-19)23-22(34-7)18(10-11-26(23)16-35-26)36-24(33)28-20(31)15-29(5)12-13-30(6)21(32)14-27-4/h8,18-19,22-23,27H,9-16H2,1-7H3,(H,28,31,33)/t18?,19-,22?,23?,25?,26+/m1/s1. The maximum absolute atomic E-state index is 12.6. The summed E-state index contributed by atoms with van der Waals surface area (Å²) in [5.74, 6) is -0.592. The number of likely N-dealkylation sites (N-methyl/N-ethyl adjacent to an activating group) is 3. The Labute approximate surface area is 220 Å². The summed E-state index contributed by atoms with van der Waals surface area (Å²) in [5, 5.41) is 5.14. The summed E-state index contributed by atoms with van der Waals surface area (Å²) >= 11 is 0. The van der Waals surface area contributed by atoms with Crippen molar-refractivity contribution in [1.29, 1.82) is 0 Å². The van der Waals surface area contributed by atoms with E-state index in [0.717, 1.165) is 12.8 Å². The maximum Gasteiger partial charge on any atom is 0.414 e. The molecule has 11 heteroatoms. The number of epoxide rings is 2. The quantitative estimate of drug-likeness (QED) is 0.283. The smallest absolute Gasteiger partial charge is 0.414 e. The van der Waals surface area contributed by atoms with Crippen LogP contribution in [0, 0.1) is 5.92 Å². The predicted molar refractivity (Wildman–Crippen MR) is 137 cm³/mol. The SMILES string of the molecule is CNCC(=O)N(C)CCN(C)CC(=O)NC(=O)OC1CC[C@]2(CO2)C(C2(C)O[C@@H]2CC=C(C)C)C1OC. The van der Waals surface area contributed by atoms with Crippen LogP contribution in [0.2, 0.25) is 0 Å². The number of imide groups is 1. The van der Waals surface area contributed by atoms with Gasteiger partial charge >= 0.3 is 6.09 Å². The monoisotopic (exact) mass is 524 g/mol. The number of methoxy groups -OCH3 is 1. The van der Waals surface area contributed by atoms with Crippen LogP contribution in [0.25, 0.3) is 0 Å². The van der Waals surface area contributed by atoms with E-state index in [1.807, 2.05) is 0 Å². The largest absolute Gasteiger partial charge is 0.443 e. The number of carbonyl (C=O) groups excluding carboxylic acids is 3. The molecule has 6 atom stereocenters. The Balaban J connectivity index is 1.51. The lowest BCUT2D eigenvalue weighted by atomic mass is 9.68. The fourth-order valence-corrected chi connectivity index (χ4v) is 5.45. The highest BCUT2D eigenvalue weighted by Crippen LogP contribution is 2.59.